The maximum absolute atomic E-state index is 12.7. The Morgan fingerprint density at radius 2 is 1.50 bits per heavy atom. The van der Waals surface area contributed by atoms with Crippen LogP contribution in [0.25, 0.3) is 0 Å². The molecule has 1 aliphatic rings. The van der Waals surface area contributed by atoms with Crippen molar-refractivity contribution in [3.8, 4) is 0 Å². The van der Waals surface area contributed by atoms with Crippen LogP contribution in [0, 0.1) is 0 Å². The summed E-state index contributed by atoms with van der Waals surface area (Å²) in [7, 11) is 0. The summed E-state index contributed by atoms with van der Waals surface area (Å²) in [5.41, 5.74) is 9.30. The molecule has 1 aliphatic heterocycles. The third kappa shape index (κ3) is 2.17. The number of carbonyl (C=O) groups is 1. The highest BCUT2D eigenvalue weighted by molar-refractivity contribution is 5.93. The summed E-state index contributed by atoms with van der Waals surface area (Å²) in [6, 6.07) is 25.0. The minimum absolute atomic E-state index is 0.316. The number of cyclic esters (lactones) is 1. The minimum Gasteiger partial charge on any atom is -0.445 e. The van der Waals surface area contributed by atoms with E-state index in [1.165, 1.54) is 0 Å². The van der Waals surface area contributed by atoms with Gasteiger partial charge in [-0.3, -0.25) is 0 Å². The quantitative estimate of drug-likeness (QED) is 0.576. The molecule has 1 atom stereocenters. The van der Waals surface area contributed by atoms with Gasteiger partial charge in [-0.25, -0.2) is 4.79 Å². The number of hydrogen-bond acceptors (Lipinski definition) is 3. The number of fused-ring (bicyclic) bond motifs is 1. The van der Waals surface area contributed by atoms with E-state index >= 15 is 0 Å². The lowest BCUT2D eigenvalue weighted by atomic mass is 9.77. The van der Waals surface area contributed by atoms with E-state index in [9.17, 15) is 4.79 Å². The second kappa shape index (κ2) is 5.53. The summed E-state index contributed by atoms with van der Waals surface area (Å²) in [6.45, 7) is 0. The van der Waals surface area contributed by atoms with Gasteiger partial charge >= 0.3 is 5.97 Å². The van der Waals surface area contributed by atoms with Crippen molar-refractivity contribution in [3.63, 3.8) is 0 Å². The molecule has 1 unspecified atom stereocenters. The Labute approximate surface area is 140 Å². The van der Waals surface area contributed by atoms with Gasteiger partial charge in [0.05, 0.1) is 5.56 Å². The fourth-order valence-electron chi connectivity index (χ4n) is 3.43. The van der Waals surface area contributed by atoms with Gasteiger partial charge in [0.15, 0.2) is 5.60 Å². The van der Waals surface area contributed by atoms with Crippen LogP contribution in [0.2, 0.25) is 0 Å². The molecule has 3 heteroatoms. The first-order valence-electron chi connectivity index (χ1n) is 7.92. The smallest absolute Gasteiger partial charge is 0.339 e. The number of carbonyl (C=O) groups excluding carboxylic acids is 1. The number of para-hydroxylation sites is 1. The highest BCUT2D eigenvalue weighted by Crippen LogP contribution is 2.43. The molecule has 0 aromatic heterocycles. The molecule has 2 N–H and O–H groups in total. The molecule has 118 valence electrons. The van der Waals surface area contributed by atoms with Crippen LogP contribution in [-0.4, -0.2) is 5.97 Å². The molecule has 0 saturated heterocycles. The van der Waals surface area contributed by atoms with Crippen molar-refractivity contribution >= 4 is 11.7 Å². The number of ether oxygens (including phenoxy) is 1. The van der Waals surface area contributed by atoms with Crippen molar-refractivity contribution in [1.82, 2.24) is 0 Å². The van der Waals surface area contributed by atoms with Crippen LogP contribution in [0.3, 0.4) is 0 Å². The molecule has 1 heterocycles. The Bertz CT molecular complexity index is 904. The first-order valence-corrected chi connectivity index (χ1v) is 7.92. The lowest BCUT2D eigenvalue weighted by molar-refractivity contribution is -0.00716. The molecule has 4 rings (SSSR count). The summed E-state index contributed by atoms with van der Waals surface area (Å²) in [5.74, 6) is -0.316. The van der Waals surface area contributed by atoms with Crippen LogP contribution in [0.1, 0.15) is 27.0 Å². The number of benzene rings is 3. The van der Waals surface area contributed by atoms with E-state index in [0.717, 1.165) is 16.7 Å². The van der Waals surface area contributed by atoms with Gasteiger partial charge < -0.3 is 10.5 Å². The van der Waals surface area contributed by atoms with E-state index < -0.39 is 5.60 Å². The molecule has 24 heavy (non-hydrogen) atoms. The number of hydrogen-bond donors (Lipinski definition) is 1. The van der Waals surface area contributed by atoms with Crippen LogP contribution >= 0.6 is 0 Å². The zero-order valence-corrected chi connectivity index (χ0v) is 13.1. The molecule has 0 aliphatic carbocycles. The standard InChI is InChI=1S/C21H17NO2/c22-19-13-7-6-12-18(19)21(16-9-2-1-3-10-16)14-15-8-4-5-11-17(15)20(23)24-21/h1-13H,14,22H2. The average Bonchev–Trinajstić information content (AvgIpc) is 2.63. The fourth-order valence-corrected chi connectivity index (χ4v) is 3.43. The molecule has 0 bridgehead atoms. The van der Waals surface area contributed by atoms with Crippen molar-refractivity contribution in [1.29, 1.82) is 0 Å². The van der Waals surface area contributed by atoms with Gasteiger partial charge in [-0.1, -0.05) is 66.7 Å². The second-order valence-electron chi connectivity index (χ2n) is 6.00. The molecule has 0 amide bonds. The Morgan fingerprint density at radius 3 is 2.29 bits per heavy atom. The molecule has 0 radical (unpaired) electrons. The lowest BCUT2D eigenvalue weighted by Gasteiger charge is -2.39. The lowest BCUT2D eigenvalue weighted by Crippen LogP contribution is -2.40. The maximum Gasteiger partial charge on any atom is 0.339 e. The van der Waals surface area contributed by atoms with E-state index in [4.69, 9.17) is 10.5 Å². The average molecular weight is 315 g/mol. The zero-order valence-electron chi connectivity index (χ0n) is 13.1. The highest BCUT2D eigenvalue weighted by Gasteiger charge is 2.44. The van der Waals surface area contributed by atoms with Crippen LogP contribution in [0.5, 0.6) is 0 Å². The van der Waals surface area contributed by atoms with Crippen molar-refractivity contribution in [2.75, 3.05) is 5.73 Å². The summed E-state index contributed by atoms with van der Waals surface area (Å²) < 4.78 is 6.03. The fraction of sp³-hybridized carbons (Fsp3) is 0.0952. The predicted octanol–water partition coefficient (Wildman–Crippen LogP) is 3.93. The Balaban J connectivity index is 1.98. The Kier molecular flexibility index (Phi) is 3.35. The number of anilines is 1. The number of nitrogens with two attached hydrogens (primary N) is 1. The normalized spacial score (nSPS) is 19.4. The molecule has 3 aromatic carbocycles. The van der Waals surface area contributed by atoms with Crippen LogP contribution in [-0.2, 0) is 16.8 Å². The van der Waals surface area contributed by atoms with Crippen molar-refractivity contribution in [2.24, 2.45) is 0 Å². The van der Waals surface area contributed by atoms with E-state index in [1.807, 2.05) is 72.8 Å². The van der Waals surface area contributed by atoms with Crippen LogP contribution in [0.4, 0.5) is 5.69 Å². The molecule has 0 fully saturated rings. The number of esters is 1. The summed E-state index contributed by atoms with van der Waals surface area (Å²) in [6.07, 6.45) is 0.563. The Morgan fingerprint density at radius 1 is 0.833 bits per heavy atom. The zero-order chi connectivity index (χ0) is 16.6. The van der Waals surface area contributed by atoms with Crippen molar-refractivity contribution in [2.45, 2.75) is 12.0 Å². The van der Waals surface area contributed by atoms with E-state index in [2.05, 4.69) is 0 Å². The SMILES string of the molecule is Nc1ccccc1C1(c2ccccc2)Cc2ccccc2C(=O)O1. The second-order valence-corrected chi connectivity index (χ2v) is 6.00. The summed E-state index contributed by atoms with van der Waals surface area (Å²) in [4.78, 5) is 12.7. The van der Waals surface area contributed by atoms with Gasteiger partial charge in [0.1, 0.15) is 0 Å². The minimum atomic E-state index is -0.905. The predicted molar refractivity (Wildman–Crippen MR) is 93.6 cm³/mol. The number of rotatable bonds is 2. The molecule has 0 saturated carbocycles. The Hall–Kier alpha value is -3.07. The first-order chi connectivity index (χ1) is 11.7. The largest absolute Gasteiger partial charge is 0.445 e. The van der Waals surface area contributed by atoms with E-state index in [0.29, 0.717) is 17.7 Å². The van der Waals surface area contributed by atoms with Crippen LogP contribution in [0.15, 0.2) is 78.9 Å². The summed E-state index contributed by atoms with van der Waals surface area (Å²) >= 11 is 0. The number of nitrogen functional groups attached to an aromatic ring is 1. The van der Waals surface area contributed by atoms with Gasteiger partial charge in [-0.15, -0.1) is 0 Å². The monoisotopic (exact) mass is 315 g/mol. The third-order valence-corrected chi connectivity index (χ3v) is 4.58. The first kappa shape index (κ1) is 14.5. The van der Waals surface area contributed by atoms with Gasteiger partial charge in [-0.2, -0.15) is 0 Å². The highest BCUT2D eigenvalue weighted by atomic mass is 16.6. The van der Waals surface area contributed by atoms with Gasteiger partial charge in [0, 0.05) is 23.2 Å². The molecular weight excluding hydrogens is 298 g/mol. The maximum atomic E-state index is 12.7. The third-order valence-electron chi connectivity index (χ3n) is 4.58. The van der Waals surface area contributed by atoms with Crippen LogP contribution < -0.4 is 5.73 Å². The van der Waals surface area contributed by atoms with Gasteiger partial charge in [-0.05, 0) is 17.7 Å². The molecular formula is C21H17NO2. The van der Waals surface area contributed by atoms with Gasteiger partial charge in [0.25, 0.3) is 0 Å². The molecule has 0 spiro atoms. The van der Waals surface area contributed by atoms with Crippen molar-refractivity contribution in [3.05, 3.63) is 101 Å². The topological polar surface area (TPSA) is 52.3 Å². The van der Waals surface area contributed by atoms with E-state index in [-0.39, 0.29) is 5.97 Å². The van der Waals surface area contributed by atoms with Crippen molar-refractivity contribution < 1.29 is 9.53 Å². The summed E-state index contributed by atoms with van der Waals surface area (Å²) in [5, 5.41) is 0. The van der Waals surface area contributed by atoms with E-state index in [1.54, 1.807) is 6.07 Å². The molecule has 3 aromatic rings. The molecule has 3 nitrogen and oxygen atoms in total. The van der Waals surface area contributed by atoms with Gasteiger partial charge in [0.2, 0.25) is 0 Å².